The maximum Gasteiger partial charge on any atom is 0.325 e. The highest BCUT2D eigenvalue weighted by Gasteiger charge is 2.19. The molecule has 8 nitrogen and oxygen atoms in total. The van der Waals surface area contributed by atoms with E-state index in [1.807, 2.05) is 0 Å². The van der Waals surface area contributed by atoms with Gasteiger partial charge < -0.3 is 10.4 Å². The van der Waals surface area contributed by atoms with Crippen molar-refractivity contribution >= 4 is 17.7 Å². The van der Waals surface area contributed by atoms with E-state index in [1.165, 1.54) is 11.4 Å². The summed E-state index contributed by atoms with van der Waals surface area (Å²) in [7, 11) is 0. The lowest BCUT2D eigenvalue weighted by atomic mass is 10.3. The van der Waals surface area contributed by atoms with Gasteiger partial charge in [-0.2, -0.15) is 4.98 Å². The lowest BCUT2D eigenvalue weighted by molar-refractivity contribution is -0.138. The number of aliphatic carboxylic acids is 1. The summed E-state index contributed by atoms with van der Waals surface area (Å²) in [6.45, 7) is 3.16. The van der Waals surface area contributed by atoms with Crippen LogP contribution in [-0.2, 0) is 4.79 Å². The standard InChI is InChI=1S/C10H11N5O3/c1-5-3-4-11-10-13-7(14-15(5)10)8(16)12-6(2)9(17)18/h3-4,6H,1-2H3,(H,12,16)(H,17,18). The van der Waals surface area contributed by atoms with Crippen molar-refractivity contribution in [1.82, 2.24) is 24.9 Å². The first-order valence-corrected chi connectivity index (χ1v) is 5.21. The molecule has 8 heteroatoms. The normalized spacial score (nSPS) is 12.3. The molecule has 2 N–H and O–H groups in total. The van der Waals surface area contributed by atoms with Gasteiger partial charge in [-0.3, -0.25) is 9.59 Å². The number of hydrogen-bond acceptors (Lipinski definition) is 5. The van der Waals surface area contributed by atoms with Crippen LogP contribution in [0.25, 0.3) is 5.78 Å². The van der Waals surface area contributed by atoms with Crippen LogP contribution in [0.1, 0.15) is 23.2 Å². The molecule has 1 unspecified atom stereocenters. The number of amides is 1. The number of carbonyl (C=O) groups excluding carboxylic acids is 1. The zero-order chi connectivity index (χ0) is 13.3. The Bertz CT molecular complexity index is 621. The first-order chi connectivity index (χ1) is 8.49. The van der Waals surface area contributed by atoms with Gasteiger partial charge in [0.15, 0.2) is 0 Å². The van der Waals surface area contributed by atoms with Crippen LogP contribution < -0.4 is 5.32 Å². The van der Waals surface area contributed by atoms with Crippen molar-refractivity contribution in [2.75, 3.05) is 0 Å². The van der Waals surface area contributed by atoms with Crippen molar-refractivity contribution in [2.45, 2.75) is 19.9 Å². The van der Waals surface area contributed by atoms with Gasteiger partial charge in [-0.05, 0) is 19.9 Å². The number of aromatic nitrogens is 4. The van der Waals surface area contributed by atoms with Gasteiger partial charge in [-0.1, -0.05) is 0 Å². The fourth-order valence-corrected chi connectivity index (χ4v) is 1.33. The van der Waals surface area contributed by atoms with Crippen molar-refractivity contribution in [2.24, 2.45) is 0 Å². The number of carboxylic acid groups (broad SMARTS) is 1. The summed E-state index contributed by atoms with van der Waals surface area (Å²) in [5.74, 6) is -1.58. The molecule has 0 saturated carbocycles. The van der Waals surface area contributed by atoms with Crippen molar-refractivity contribution < 1.29 is 14.7 Å². The Hall–Kier alpha value is -2.51. The average Bonchev–Trinajstić information content (AvgIpc) is 2.74. The van der Waals surface area contributed by atoms with Crippen molar-refractivity contribution in [3.8, 4) is 0 Å². The van der Waals surface area contributed by atoms with E-state index in [4.69, 9.17) is 5.11 Å². The van der Waals surface area contributed by atoms with Crippen LogP contribution >= 0.6 is 0 Å². The quantitative estimate of drug-likeness (QED) is 0.768. The van der Waals surface area contributed by atoms with E-state index in [1.54, 1.807) is 19.2 Å². The second kappa shape index (κ2) is 4.40. The number of nitrogens with zero attached hydrogens (tertiary/aromatic N) is 4. The number of aryl methyl sites for hydroxylation is 1. The Morgan fingerprint density at radius 2 is 2.22 bits per heavy atom. The van der Waals surface area contributed by atoms with E-state index >= 15 is 0 Å². The maximum atomic E-state index is 11.7. The molecule has 2 aromatic rings. The van der Waals surface area contributed by atoms with Crippen LogP contribution in [0.2, 0.25) is 0 Å². The molecule has 2 rings (SSSR count). The molecule has 0 bridgehead atoms. The fraction of sp³-hybridized carbons (Fsp3) is 0.300. The number of nitrogens with one attached hydrogen (secondary N) is 1. The van der Waals surface area contributed by atoms with E-state index < -0.39 is 17.9 Å². The molecule has 0 saturated heterocycles. The predicted molar refractivity (Wildman–Crippen MR) is 60.1 cm³/mol. The minimum absolute atomic E-state index is 0.107. The molecular weight excluding hydrogens is 238 g/mol. The number of hydrogen-bond donors (Lipinski definition) is 2. The van der Waals surface area contributed by atoms with E-state index in [9.17, 15) is 9.59 Å². The molecule has 0 aliphatic heterocycles. The van der Waals surface area contributed by atoms with Crippen LogP contribution in [0, 0.1) is 6.92 Å². The average molecular weight is 249 g/mol. The Balaban J connectivity index is 2.29. The number of carboxylic acids is 1. The van der Waals surface area contributed by atoms with E-state index in [-0.39, 0.29) is 5.82 Å². The van der Waals surface area contributed by atoms with E-state index in [0.29, 0.717) is 5.78 Å². The third kappa shape index (κ3) is 2.12. The molecule has 18 heavy (non-hydrogen) atoms. The summed E-state index contributed by atoms with van der Waals surface area (Å²) in [5.41, 5.74) is 0.776. The minimum atomic E-state index is -1.12. The summed E-state index contributed by atoms with van der Waals surface area (Å²) in [6.07, 6.45) is 1.56. The van der Waals surface area contributed by atoms with Gasteiger partial charge in [0.2, 0.25) is 5.82 Å². The molecule has 0 spiro atoms. The zero-order valence-electron chi connectivity index (χ0n) is 9.78. The summed E-state index contributed by atoms with van der Waals surface area (Å²) in [4.78, 5) is 30.2. The minimum Gasteiger partial charge on any atom is -0.480 e. The number of rotatable bonds is 3. The van der Waals surface area contributed by atoms with Crippen LogP contribution in [0.15, 0.2) is 12.3 Å². The van der Waals surface area contributed by atoms with Gasteiger partial charge in [-0.25, -0.2) is 9.50 Å². The Morgan fingerprint density at radius 3 is 2.83 bits per heavy atom. The summed E-state index contributed by atoms with van der Waals surface area (Å²) in [5, 5.41) is 14.9. The summed E-state index contributed by atoms with van der Waals surface area (Å²) < 4.78 is 1.42. The van der Waals surface area contributed by atoms with Crippen molar-refractivity contribution in [3.05, 3.63) is 23.8 Å². The van der Waals surface area contributed by atoms with Crippen molar-refractivity contribution in [1.29, 1.82) is 0 Å². The highest BCUT2D eigenvalue weighted by molar-refractivity contribution is 5.93. The molecular formula is C10H11N5O3. The fourth-order valence-electron chi connectivity index (χ4n) is 1.33. The second-order valence-electron chi connectivity index (χ2n) is 3.77. The predicted octanol–water partition coefficient (Wildman–Crippen LogP) is -0.364. The lowest BCUT2D eigenvalue weighted by Gasteiger charge is -2.05. The molecule has 0 aliphatic carbocycles. The zero-order valence-corrected chi connectivity index (χ0v) is 9.78. The van der Waals surface area contributed by atoms with Gasteiger partial charge in [0, 0.05) is 11.9 Å². The molecule has 2 heterocycles. The number of fused-ring (bicyclic) bond motifs is 1. The molecule has 0 fully saturated rings. The SMILES string of the molecule is Cc1ccnc2nc(C(=O)NC(C)C(=O)O)nn12. The molecule has 1 atom stereocenters. The highest BCUT2D eigenvalue weighted by Crippen LogP contribution is 2.02. The Labute approximate surface area is 102 Å². The molecule has 2 aromatic heterocycles. The van der Waals surface area contributed by atoms with E-state index in [0.717, 1.165) is 5.69 Å². The summed E-state index contributed by atoms with van der Waals surface area (Å²) >= 11 is 0. The third-order valence-corrected chi connectivity index (χ3v) is 2.35. The second-order valence-corrected chi connectivity index (χ2v) is 3.77. The van der Waals surface area contributed by atoms with Crippen LogP contribution in [-0.4, -0.2) is 42.6 Å². The lowest BCUT2D eigenvalue weighted by Crippen LogP contribution is -2.38. The summed E-state index contributed by atoms with van der Waals surface area (Å²) in [6, 6.07) is 0.724. The van der Waals surface area contributed by atoms with Crippen molar-refractivity contribution in [3.63, 3.8) is 0 Å². The molecule has 0 aliphatic rings. The smallest absolute Gasteiger partial charge is 0.325 e. The molecule has 94 valence electrons. The molecule has 1 amide bonds. The largest absolute Gasteiger partial charge is 0.480 e. The topological polar surface area (TPSA) is 109 Å². The van der Waals surface area contributed by atoms with Gasteiger partial charge >= 0.3 is 5.97 Å². The van der Waals surface area contributed by atoms with Gasteiger partial charge in [0.25, 0.3) is 11.7 Å². The third-order valence-electron chi connectivity index (χ3n) is 2.35. The van der Waals surface area contributed by atoms with Crippen LogP contribution in [0.4, 0.5) is 0 Å². The molecule has 0 radical (unpaired) electrons. The Morgan fingerprint density at radius 1 is 1.50 bits per heavy atom. The highest BCUT2D eigenvalue weighted by atomic mass is 16.4. The monoisotopic (exact) mass is 249 g/mol. The first kappa shape index (κ1) is 12.0. The van der Waals surface area contributed by atoms with Gasteiger partial charge in [-0.15, -0.1) is 5.10 Å². The van der Waals surface area contributed by atoms with Crippen LogP contribution in [0.5, 0.6) is 0 Å². The van der Waals surface area contributed by atoms with Crippen LogP contribution in [0.3, 0.4) is 0 Å². The first-order valence-electron chi connectivity index (χ1n) is 5.21. The van der Waals surface area contributed by atoms with E-state index in [2.05, 4.69) is 20.4 Å². The maximum absolute atomic E-state index is 11.7. The van der Waals surface area contributed by atoms with Gasteiger partial charge in [0.1, 0.15) is 6.04 Å². The Kier molecular flexibility index (Phi) is 2.92. The van der Waals surface area contributed by atoms with Gasteiger partial charge in [0.05, 0.1) is 0 Å². The molecule has 0 aromatic carbocycles. The number of carbonyl (C=O) groups is 2.